The first-order chi connectivity index (χ1) is 16.2. The van der Waals surface area contributed by atoms with E-state index in [0.29, 0.717) is 35.9 Å². The molecule has 166 valence electrons. The summed E-state index contributed by atoms with van der Waals surface area (Å²) in [6.45, 7) is 2.81. The van der Waals surface area contributed by atoms with E-state index in [4.69, 9.17) is 10.2 Å². The van der Waals surface area contributed by atoms with E-state index in [-0.39, 0.29) is 11.9 Å². The molecule has 1 amide bonds. The van der Waals surface area contributed by atoms with E-state index < -0.39 is 0 Å². The molecule has 1 fully saturated rings. The Morgan fingerprint density at radius 2 is 1.39 bits per heavy atom. The highest BCUT2D eigenvalue weighted by Crippen LogP contribution is 2.30. The summed E-state index contributed by atoms with van der Waals surface area (Å²) in [5.74, 6) is 0.249. The number of aromatic nitrogens is 1. The number of rotatable bonds is 5. The summed E-state index contributed by atoms with van der Waals surface area (Å²) < 4.78 is 5.57. The topological polar surface area (TPSA) is 75.6 Å². The Kier molecular flexibility index (Phi) is 5.91. The van der Waals surface area contributed by atoms with E-state index in [1.807, 2.05) is 35.2 Å². The van der Waals surface area contributed by atoms with Crippen molar-refractivity contribution < 1.29 is 9.21 Å². The Labute approximate surface area is 193 Å². The van der Waals surface area contributed by atoms with Crippen molar-refractivity contribution in [3.8, 4) is 11.5 Å². The standard InChI is InChI=1S/C27H26N4O2/c28-23-14-8-7-13-22(23)26-29-24(19-33-26)27(32)31-17-15-30(16-18-31)25(20-9-3-1-4-10-20)21-11-5-2-6-12-21/h1-14,19,25H,15-18,28H2. The summed E-state index contributed by atoms with van der Waals surface area (Å²) in [5.41, 5.74) is 10.1. The van der Waals surface area contributed by atoms with Gasteiger partial charge in [-0.2, -0.15) is 0 Å². The van der Waals surface area contributed by atoms with E-state index in [0.717, 1.165) is 13.1 Å². The molecule has 1 aliphatic rings. The molecule has 1 aliphatic heterocycles. The van der Waals surface area contributed by atoms with E-state index in [2.05, 4.69) is 58.4 Å². The average molecular weight is 439 g/mol. The number of piperazine rings is 1. The Morgan fingerprint density at radius 3 is 2.00 bits per heavy atom. The number of nitrogen functional groups attached to an aromatic ring is 1. The molecule has 0 atom stereocenters. The first-order valence-electron chi connectivity index (χ1n) is 11.1. The number of anilines is 1. The van der Waals surface area contributed by atoms with Crippen LogP contribution in [0, 0.1) is 0 Å². The van der Waals surface area contributed by atoms with Gasteiger partial charge in [0, 0.05) is 31.9 Å². The van der Waals surface area contributed by atoms with Crippen LogP contribution in [0.4, 0.5) is 5.69 Å². The number of carbonyl (C=O) groups excluding carboxylic acids is 1. The second kappa shape index (κ2) is 9.30. The molecule has 0 unspecified atom stereocenters. The van der Waals surface area contributed by atoms with Crippen LogP contribution in [0.15, 0.2) is 95.6 Å². The lowest BCUT2D eigenvalue weighted by molar-refractivity contribution is 0.0592. The van der Waals surface area contributed by atoms with Gasteiger partial charge in [-0.05, 0) is 23.3 Å². The van der Waals surface area contributed by atoms with Gasteiger partial charge in [0.05, 0.1) is 11.6 Å². The van der Waals surface area contributed by atoms with E-state index >= 15 is 0 Å². The second-order valence-corrected chi connectivity index (χ2v) is 8.18. The third-order valence-corrected chi connectivity index (χ3v) is 6.11. The third kappa shape index (κ3) is 4.38. The number of amides is 1. The normalized spacial score (nSPS) is 14.5. The van der Waals surface area contributed by atoms with Crippen molar-refractivity contribution in [3.63, 3.8) is 0 Å². The van der Waals surface area contributed by atoms with E-state index in [9.17, 15) is 4.79 Å². The van der Waals surface area contributed by atoms with Crippen LogP contribution in [0.3, 0.4) is 0 Å². The molecule has 33 heavy (non-hydrogen) atoms. The SMILES string of the molecule is Nc1ccccc1-c1nc(C(=O)N2CCN(C(c3ccccc3)c3ccccc3)CC2)co1. The van der Waals surface area contributed by atoms with Crippen LogP contribution < -0.4 is 5.73 Å². The fourth-order valence-electron chi connectivity index (χ4n) is 4.42. The van der Waals surface area contributed by atoms with Crippen LogP contribution in [0.25, 0.3) is 11.5 Å². The molecule has 1 saturated heterocycles. The summed E-state index contributed by atoms with van der Waals surface area (Å²) >= 11 is 0. The number of para-hydroxylation sites is 1. The third-order valence-electron chi connectivity index (χ3n) is 6.11. The lowest BCUT2D eigenvalue weighted by atomic mass is 9.96. The Bertz CT molecular complexity index is 1180. The number of hydrogen-bond acceptors (Lipinski definition) is 5. The lowest BCUT2D eigenvalue weighted by Gasteiger charge is -2.39. The van der Waals surface area contributed by atoms with E-state index in [1.165, 1.54) is 17.4 Å². The largest absolute Gasteiger partial charge is 0.444 e. The molecule has 2 N–H and O–H groups in total. The maximum atomic E-state index is 13.1. The fourth-order valence-corrected chi connectivity index (χ4v) is 4.42. The van der Waals surface area contributed by atoms with Gasteiger partial charge in [-0.25, -0.2) is 4.98 Å². The molecule has 5 rings (SSSR count). The van der Waals surface area contributed by atoms with Gasteiger partial charge in [-0.15, -0.1) is 0 Å². The Hall–Kier alpha value is -3.90. The van der Waals surface area contributed by atoms with Crippen molar-refractivity contribution in [2.75, 3.05) is 31.9 Å². The number of benzene rings is 3. The van der Waals surface area contributed by atoms with Gasteiger partial charge in [-0.3, -0.25) is 9.69 Å². The monoisotopic (exact) mass is 438 g/mol. The Balaban J connectivity index is 1.30. The van der Waals surface area contributed by atoms with Gasteiger partial charge in [-0.1, -0.05) is 72.8 Å². The number of nitrogens with zero attached hydrogens (tertiary/aromatic N) is 3. The average Bonchev–Trinajstić information content (AvgIpc) is 3.36. The molecule has 0 bridgehead atoms. The van der Waals surface area contributed by atoms with Crippen molar-refractivity contribution in [2.24, 2.45) is 0 Å². The van der Waals surface area contributed by atoms with Crippen LogP contribution in [0.1, 0.15) is 27.7 Å². The summed E-state index contributed by atoms with van der Waals surface area (Å²) in [5, 5.41) is 0. The summed E-state index contributed by atoms with van der Waals surface area (Å²) in [6.07, 6.45) is 1.42. The van der Waals surface area contributed by atoms with Crippen LogP contribution >= 0.6 is 0 Å². The molecular weight excluding hydrogens is 412 g/mol. The molecule has 4 aromatic rings. The highest BCUT2D eigenvalue weighted by molar-refractivity contribution is 5.92. The lowest BCUT2D eigenvalue weighted by Crippen LogP contribution is -2.50. The van der Waals surface area contributed by atoms with Crippen LogP contribution in [-0.2, 0) is 0 Å². The second-order valence-electron chi connectivity index (χ2n) is 8.18. The molecule has 0 aliphatic carbocycles. The zero-order chi connectivity index (χ0) is 22.6. The molecule has 0 spiro atoms. The van der Waals surface area contributed by atoms with Crippen molar-refractivity contribution in [1.29, 1.82) is 0 Å². The van der Waals surface area contributed by atoms with E-state index in [1.54, 1.807) is 6.07 Å². The smallest absolute Gasteiger partial charge is 0.275 e. The van der Waals surface area contributed by atoms with Gasteiger partial charge < -0.3 is 15.1 Å². The van der Waals surface area contributed by atoms with Crippen molar-refractivity contribution >= 4 is 11.6 Å². The predicted molar refractivity (Wildman–Crippen MR) is 129 cm³/mol. The minimum atomic E-state index is -0.116. The van der Waals surface area contributed by atoms with Gasteiger partial charge in [0.25, 0.3) is 5.91 Å². The van der Waals surface area contributed by atoms with Gasteiger partial charge in [0.1, 0.15) is 6.26 Å². The van der Waals surface area contributed by atoms with Crippen molar-refractivity contribution in [1.82, 2.24) is 14.8 Å². The van der Waals surface area contributed by atoms with Gasteiger partial charge in [0.2, 0.25) is 5.89 Å². The van der Waals surface area contributed by atoms with Crippen LogP contribution in [-0.4, -0.2) is 46.9 Å². The maximum absolute atomic E-state index is 13.1. The highest BCUT2D eigenvalue weighted by atomic mass is 16.3. The molecule has 6 heteroatoms. The van der Waals surface area contributed by atoms with Crippen LogP contribution in [0.5, 0.6) is 0 Å². The highest BCUT2D eigenvalue weighted by Gasteiger charge is 2.29. The Morgan fingerprint density at radius 1 is 0.818 bits per heavy atom. The first kappa shape index (κ1) is 21.0. The fraction of sp³-hybridized carbons (Fsp3) is 0.185. The number of nitrogens with two attached hydrogens (primary N) is 1. The zero-order valence-electron chi connectivity index (χ0n) is 18.3. The van der Waals surface area contributed by atoms with Crippen LogP contribution in [0.2, 0.25) is 0 Å². The summed E-state index contributed by atoms with van der Waals surface area (Å²) in [6, 6.07) is 28.6. The molecule has 3 aromatic carbocycles. The zero-order valence-corrected chi connectivity index (χ0v) is 18.3. The first-order valence-corrected chi connectivity index (χ1v) is 11.1. The quantitative estimate of drug-likeness (QED) is 0.465. The molecule has 1 aromatic heterocycles. The molecular formula is C27H26N4O2. The molecule has 6 nitrogen and oxygen atoms in total. The summed E-state index contributed by atoms with van der Waals surface area (Å²) in [7, 11) is 0. The van der Waals surface area contributed by atoms with Crippen molar-refractivity contribution in [3.05, 3.63) is 108 Å². The van der Waals surface area contributed by atoms with Gasteiger partial charge >= 0.3 is 0 Å². The maximum Gasteiger partial charge on any atom is 0.275 e. The molecule has 0 saturated carbocycles. The predicted octanol–water partition coefficient (Wildman–Crippen LogP) is 4.47. The number of carbonyl (C=O) groups is 1. The van der Waals surface area contributed by atoms with Crippen molar-refractivity contribution in [2.45, 2.75) is 6.04 Å². The number of hydrogen-bond donors (Lipinski definition) is 1. The van der Waals surface area contributed by atoms with Gasteiger partial charge in [0.15, 0.2) is 5.69 Å². The molecule has 2 heterocycles. The number of oxazole rings is 1. The minimum Gasteiger partial charge on any atom is -0.444 e. The molecule has 0 radical (unpaired) electrons. The minimum absolute atomic E-state index is 0.116. The summed E-state index contributed by atoms with van der Waals surface area (Å²) in [4.78, 5) is 21.8.